The van der Waals surface area contributed by atoms with Crippen LogP contribution in [0.5, 0.6) is 11.5 Å². The molecule has 0 saturated carbocycles. The Balaban J connectivity index is 1.60. The summed E-state index contributed by atoms with van der Waals surface area (Å²) >= 11 is 0. The Labute approximate surface area is 128 Å². The van der Waals surface area contributed by atoms with E-state index in [1.54, 1.807) is 0 Å². The highest BCUT2D eigenvalue weighted by atomic mass is 16.7. The number of hydrogen-bond acceptors (Lipinski definition) is 4. The first-order chi connectivity index (χ1) is 10.6. The molecule has 3 heterocycles. The zero-order valence-electron chi connectivity index (χ0n) is 12.4. The maximum atomic E-state index is 12.7. The van der Waals surface area contributed by atoms with Gasteiger partial charge in [-0.15, -0.1) is 0 Å². The molecule has 116 valence electrons. The minimum Gasteiger partial charge on any atom is -0.454 e. The fraction of sp³-hybridized carbons (Fsp3) is 0.500. The van der Waals surface area contributed by atoms with Gasteiger partial charge in [-0.05, 0) is 43.0 Å². The van der Waals surface area contributed by atoms with Gasteiger partial charge in [-0.3, -0.25) is 9.59 Å². The first-order valence-electron chi connectivity index (χ1n) is 7.66. The Hall–Kier alpha value is -2.24. The van der Waals surface area contributed by atoms with Gasteiger partial charge < -0.3 is 19.7 Å². The molecular weight excluding hydrogens is 284 g/mol. The van der Waals surface area contributed by atoms with Gasteiger partial charge in [0.25, 0.3) is 0 Å². The van der Waals surface area contributed by atoms with Crippen molar-refractivity contribution < 1.29 is 19.1 Å². The summed E-state index contributed by atoms with van der Waals surface area (Å²) in [6.45, 7) is 2.94. The molecule has 6 heteroatoms. The van der Waals surface area contributed by atoms with Gasteiger partial charge in [-0.25, -0.2) is 0 Å². The van der Waals surface area contributed by atoms with Crippen LogP contribution in [0.3, 0.4) is 0 Å². The first-order valence-corrected chi connectivity index (χ1v) is 7.66. The van der Waals surface area contributed by atoms with Crippen molar-refractivity contribution in [1.82, 2.24) is 10.2 Å². The second-order valence-corrected chi connectivity index (χ2v) is 6.02. The number of rotatable bonds is 1. The smallest absolute Gasteiger partial charge is 0.245 e. The van der Waals surface area contributed by atoms with Crippen LogP contribution in [0.25, 0.3) is 0 Å². The lowest BCUT2D eigenvalue weighted by Crippen LogP contribution is -2.47. The highest BCUT2D eigenvalue weighted by Gasteiger charge is 2.36. The number of benzene rings is 1. The lowest BCUT2D eigenvalue weighted by atomic mass is 9.92. The van der Waals surface area contributed by atoms with E-state index >= 15 is 0 Å². The number of ether oxygens (including phenoxy) is 2. The summed E-state index contributed by atoms with van der Waals surface area (Å²) in [5, 5.41) is 2.76. The quantitative estimate of drug-likeness (QED) is 0.845. The van der Waals surface area contributed by atoms with Crippen molar-refractivity contribution in [1.29, 1.82) is 0 Å². The van der Waals surface area contributed by atoms with Crippen molar-refractivity contribution in [3.63, 3.8) is 0 Å². The molecule has 1 aromatic carbocycles. The highest BCUT2D eigenvalue weighted by molar-refractivity contribution is 5.91. The third kappa shape index (κ3) is 2.01. The Morgan fingerprint density at radius 3 is 2.77 bits per heavy atom. The monoisotopic (exact) mass is 302 g/mol. The number of fused-ring (bicyclic) bond motifs is 2. The number of carbonyl (C=O) groups is 2. The second kappa shape index (κ2) is 4.90. The number of amides is 2. The predicted octanol–water partition coefficient (Wildman–Crippen LogP) is 1.14. The molecule has 3 aliphatic heterocycles. The van der Waals surface area contributed by atoms with Gasteiger partial charge in [0.05, 0.1) is 6.04 Å². The van der Waals surface area contributed by atoms with E-state index in [9.17, 15) is 9.59 Å². The summed E-state index contributed by atoms with van der Waals surface area (Å²) in [5.41, 5.74) is 2.31. The fourth-order valence-electron chi connectivity index (χ4n) is 3.51. The molecule has 0 spiro atoms. The number of nitrogens with zero attached hydrogens (tertiary/aromatic N) is 1. The molecule has 1 saturated heterocycles. The minimum atomic E-state index is -0.370. The third-order valence-corrected chi connectivity index (χ3v) is 4.75. The molecule has 1 N–H and O–H groups in total. The predicted molar refractivity (Wildman–Crippen MR) is 77.6 cm³/mol. The molecule has 3 aliphatic rings. The summed E-state index contributed by atoms with van der Waals surface area (Å²) in [4.78, 5) is 25.9. The number of carbonyl (C=O) groups excluding carboxylic acids is 2. The van der Waals surface area contributed by atoms with E-state index in [1.807, 2.05) is 24.0 Å². The van der Waals surface area contributed by atoms with Crippen molar-refractivity contribution in [3.8, 4) is 11.5 Å². The molecule has 0 aliphatic carbocycles. The standard InChI is InChI=1S/C16H18N2O4/c1-9-11-7-14-13(21-8-22-14)6-10(11)4-5-18(9)16(20)12-2-3-15(19)17-12/h6-7,9,12H,2-5,8H2,1H3,(H,17,19). The molecule has 4 rings (SSSR count). The number of hydrogen-bond donors (Lipinski definition) is 1. The molecule has 2 unspecified atom stereocenters. The first kappa shape index (κ1) is 13.4. The molecule has 2 amide bonds. The van der Waals surface area contributed by atoms with Crippen LogP contribution < -0.4 is 14.8 Å². The lowest BCUT2D eigenvalue weighted by molar-refractivity contribution is -0.136. The second-order valence-electron chi connectivity index (χ2n) is 6.02. The Bertz CT molecular complexity index is 658. The minimum absolute atomic E-state index is 0.0154. The van der Waals surface area contributed by atoms with Gasteiger partial charge in [-0.1, -0.05) is 0 Å². The number of nitrogens with one attached hydrogen (secondary N) is 1. The molecule has 0 radical (unpaired) electrons. The summed E-state index contributed by atoms with van der Waals surface area (Å²) < 4.78 is 10.9. The maximum absolute atomic E-state index is 12.7. The Kier molecular flexibility index (Phi) is 2.99. The van der Waals surface area contributed by atoms with Crippen LogP contribution in [-0.4, -0.2) is 36.1 Å². The van der Waals surface area contributed by atoms with Crippen molar-refractivity contribution >= 4 is 11.8 Å². The van der Waals surface area contributed by atoms with E-state index in [0.29, 0.717) is 19.4 Å². The van der Waals surface area contributed by atoms with Crippen LogP contribution in [0.4, 0.5) is 0 Å². The van der Waals surface area contributed by atoms with E-state index in [4.69, 9.17) is 9.47 Å². The van der Waals surface area contributed by atoms with Crippen LogP contribution in [0.2, 0.25) is 0 Å². The summed E-state index contributed by atoms with van der Waals surface area (Å²) in [6, 6.07) is 3.61. The van der Waals surface area contributed by atoms with Crippen LogP contribution in [0, 0.1) is 0 Å². The zero-order chi connectivity index (χ0) is 15.3. The van der Waals surface area contributed by atoms with E-state index < -0.39 is 0 Å². The fourth-order valence-corrected chi connectivity index (χ4v) is 3.51. The third-order valence-electron chi connectivity index (χ3n) is 4.75. The molecule has 0 aromatic heterocycles. The van der Waals surface area contributed by atoms with E-state index in [2.05, 4.69) is 5.32 Å². The van der Waals surface area contributed by atoms with Crippen molar-refractivity contribution in [2.45, 2.75) is 38.3 Å². The van der Waals surface area contributed by atoms with E-state index in [1.165, 1.54) is 5.56 Å². The average molecular weight is 302 g/mol. The summed E-state index contributed by atoms with van der Waals surface area (Å²) in [6.07, 6.45) is 1.82. The normalized spacial score (nSPS) is 25.9. The van der Waals surface area contributed by atoms with Gasteiger partial charge in [0.1, 0.15) is 6.04 Å². The van der Waals surface area contributed by atoms with Crippen LogP contribution in [-0.2, 0) is 16.0 Å². The molecule has 1 fully saturated rings. The van der Waals surface area contributed by atoms with Crippen LogP contribution in [0.1, 0.15) is 36.9 Å². The van der Waals surface area contributed by atoms with Crippen LogP contribution >= 0.6 is 0 Å². The molecular formula is C16H18N2O4. The van der Waals surface area contributed by atoms with Gasteiger partial charge in [0.15, 0.2) is 11.5 Å². The zero-order valence-corrected chi connectivity index (χ0v) is 12.4. The van der Waals surface area contributed by atoms with Gasteiger partial charge >= 0.3 is 0 Å². The summed E-state index contributed by atoms with van der Waals surface area (Å²) in [7, 11) is 0. The van der Waals surface area contributed by atoms with Gasteiger partial charge in [0, 0.05) is 13.0 Å². The highest BCUT2D eigenvalue weighted by Crippen LogP contribution is 2.40. The molecule has 1 aromatic rings. The topological polar surface area (TPSA) is 67.9 Å². The van der Waals surface area contributed by atoms with E-state index in [0.717, 1.165) is 23.5 Å². The largest absolute Gasteiger partial charge is 0.454 e. The molecule has 2 atom stereocenters. The summed E-state index contributed by atoms with van der Waals surface area (Å²) in [5.74, 6) is 1.51. The lowest BCUT2D eigenvalue weighted by Gasteiger charge is -2.36. The Morgan fingerprint density at radius 1 is 1.27 bits per heavy atom. The van der Waals surface area contributed by atoms with Crippen molar-refractivity contribution in [2.75, 3.05) is 13.3 Å². The van der Waals surface area contributed by atoms with Crippen LogP contribution in [0.15, 0.2) is 12.1 Å². The SMILES string of the molecule is CC1c2cc3c(cc2CCN1C(=O)C1CCC(=O)N1)OCO3. The van der Waals surface area contributed by atoms with Gasteiger partial charge in [-0.2, -0.15) is 0 Å². The Morgan fingerprint density at radius 2 is 2.05 bits per heavy atom. The van der Waals surface area contributed by atoms with Crippen molar-refractivity contribution in [2.24, 2.45) is 0 Å². The van der Waals surface area contributed by atoms with Gasteiger partial charge in [0.2, 0.25) is 18.6 Å². The van der Waals surface area contributed by atoms with Crippen molar-refractivity contribution in [3.05, 3.63) is 23.3 Å². The maximum Gasteiger partial charge on any atom is 0.245 e. The molecule has 6 nitrogen and oxygen atoms in total. The average Bonchev–Trinajstić information content (AvgIpc) is 3.13. The molecule has 0 bridgehead atoms. The molecule has 22 heavy (non-hydrogen) atoms. The van der Waals surface area contributed by atoms with E-state index in [-0.39, 0.29) is 30.7 Å².